The summed E-state index contributed by atoms with van der Waals surface area (Å²) in [6.45, 7) is 7.18. The number of rotatable bonds is 3. The van der Waals surface area contributed by atoms with Crippen molar-refractivity contribution in [3.05, 3.63) is 47.8 Å². The van der Waals surface area contributed by atoms with Crippen molar-refractivity contribution in [1.29, 1.82) is 0 Å². The van der Waals surface area contributed by atoms with Gasteiger partial charge in [0.15, 0.2) is 0 Å². The van der Waals surface area contributed by atoms with Gasteiger partial charge >= 0.3 is 0 Å². The second-order valence-electron chi connectivity index (χ2n) is 7.56. The third-order valence-corrected chi connectivity index (χ3v) is 5.54. The van der Waals surface area contributed by atoms with Crippen molar-refractivity contribution in [2.75, 3.05) is 42.5 Å². The molecule has 3 heterocycles. The van der Waals surface area contributed by atoms with E-state index in [1.807, 2.05) is 30.9 Å². The molecule has 0 saturated carbocycles. The summed E-state index contributed by atoms with van der Waals surface area (Å²) in [5.41, 5.74) is 3.15. The highest BCUT2D eigenvalue weighted by Gasteiger charge is 2.38. The molecule has 2 amide bonds. The standard InChI is InChI=1S/C21H25N5O2/c1-15-4-5-18(16(2)12-15)26-14-17(13-19(26)27)20(28)24-8-10-25(11-9-24)21-22-6-3-7-23-21/h3-7,12,17H,8-11,13-14H2,1-2H3. The lowest BCUT2D eigenvalue weighted by atomic mass is 10.1. The Morgan fingerprint density at radius 1 is 1.07 bits per heavy atom. The zero-order valence-corrected chi connectivity index (χ0v) is 16.3. The van der Waals surface area contributed by atoms with E-state index in [0.717, 1.165) is 11.3 Å². The van der Waals surface area contributed by atoms with Crippen LogP contribution in [-0.4, -0.2) is 59.4 Å². The topological polar surface area (TPSA) is 69.6 Å². The third-order valence-electron chi connectivity index (χ3n) is 5.54. The van der Waals surface area contributed by atoms with Crippen LogP contribution in [0.4, 0.5) is 11.6 Å². The molecular formula is C21H25N5O2. The Morgan fingerprint density at radius 3 is 2.46 bits per heavy atom. The zero-order valence-electron chi connectivity index (χ0n) is 16.3. The van der Waals surface area contributed by atoms with Crippen LogP contribution in [0.1, 0.15) is 17.5 Å². The molecule has 1 atom stereocenters. The monoisotopic (exact) mass is 379 g/mol. The van der Waals surface area contributed by atoms with Crippen molar-refractivity contribution in [2.24, 2.45) is 5.92 Å². The Bertz CT molecular complexity index is 878. The highest BCUT2D eigenvalue weighted by atomic mass is 16.2. The summed E-state index contributed by atoms with van der Waals surface area (Å²) in [5, 5.41) is 0. The van der Waals surface area contributed by atoms with Gasteiger partial charge in [0, 0.05) is 57.2 Å². The average molecular weight is 379 g/mol. The fourth-order valence-corrected chi connectivity index (χ4v) is 4.05. The van der Waals surface area contributed by atoms with Crippen molar-refractivity contribution in [3.8, 4) is 0 Å². The predicted molar refractivity (Wildman–Crippen MR) is 107 cm³/mol. The quantitative estimate of drug-likeness (QED) is 0.813. The van der Waals surface area contributed by atoms with Crippen molar-refractivity contribution >= 4 is 23.5 Å². The molecule has 0 N–H and O–H groups in total. The number of nitrogens with zero attached hydrogens (tertiary/aromatic N) is 5. The minimum Gasteiger partial charge on any atom is -0.339 e. The van der Waals surface area contributed by atoms with E-state index in [-0.39, 0.29) is 24.2 Å². The molecule has 0 bridgehead atoms. The first-order valence-corrected chi connectivity index (χ1v) is 9.71. The second-order valence-corrected chi connectivity index (χ2v) is 7.56. The molecule has 7 heteroatoms. The molecule has 2 aliphatic heterocycles. The second kappa shape index (κ2) is 7.58. The number of benzene rings is 1. The molecule has 4 rings (SSSR count). The highest BCUT2D eigenvalue weighted by molar-refractivity contribution is 6.00. The largest absolute Gasteiger partial charge is 0.339 e. The first-order valence-electron chi connectivity index (χ1n) is 9.71. The summed E-state index contributed by atoms with van der Waals surface area (Å²) in [6.07, 6.45) is 3.74. The number of carbonyl (C=O) groups is 2. The molecule has 1 aromatic heterocycles. The van der Waals surface area contributed by atoms with Gasteiger partial charge in [-0.25, -0.2) is 9.97 Å². The molecule has 0 spiro atoms. The maximum Gasteiger partial charge on any atom is 0.228 e. The van der Waals surface area contributed by atoms with Gasteiger partial charge < -0.3 is 14.7 Å². The Morgan fingerprint density at radius 2 is 1.79 bits per heavy atom. The van der Waals surface area contributed by atoms with Crippen molar-refractivity contribution < 1.29 is 9.59 Å². The number of aryl methyl sites for hydroxylation is 2. The summed E-state index contributed by atoms with van der Waals surface area (Å²) in [7, 11) is 0. The molecule has 28 heavy (non-hydrogen) atoms. The van der Waals surface area contributed by atoms with Gasteiger partial charge in [0.1, 0.15) is 0 Å². The number of hydrogen-bond donors (Lipinski definition) is 0. The van der Waals surface area contributed by atoms with Crippen molar-refractivity contribution in [1.82, 2.24) is 14.9 Å². The molecule has 1 unspecified atom stereocenters. The fraction of sp³-hybridized carbons (Fsp3) is 0.429. The van der Waals surface area contributed by atoms with Crippen LogP contribution in [0.5, 0.6) is 0 Å². The molecular weight excluding hydrogens is 354 g/mol. The van der Waals surface area contributed by atoms with E-state index >= 15 is 0 Å². The Kier molecular flexibility index (Phi) is 4.98. The minimum atomic E-state index is -0.271. The normalized spacial score (nSPS) is 20.0. The number of hydrogen-bond acceptors (Lipinski definition) is 5. The van der Waals surface area contributed by atoms with Crippen molar-refractivity contribution in [2.45, 2.75) is 20.3 Å². The smallest absolute Gasteiger partial charge is 0.228 e. The van der Waals surface area contributed by atoms with E-state index in [9.17, 15) is 9.59 Å². The lowest BCUT2D eigenvalue weighted by Crippen LogP contribution is -2.51. The predicted octanol–water partition coefficient (Wildman–Crippen LogP) is 1.80. The molecule has 2 aliphatic rings. The zero-order chi connectivity index (χ0) is 19.7. The van der Waals surface area contributed by atoms with Crippen molar-refractivity contribution in [3.63, 3.8) is 0 Å². The molecule has 7 nitrogen and oxygen atoms in total. The number of amides is 2. The van der Waals surface area contributed by atoms with Crippen LogP contribution < -0.4 is 9.80 Å². The third kappa shape index (κ3) is 3.56. The van der Waals surface area contributed by atoms with E-state index in [1.54, 1.807) is 23.4 Å². The van der Waals surface area contributed by atoms with Gasteiger partial charge in [-0.05, 0) is 31.5 Å². The minimum absolute atomic E-state index is 0.0293. The summed E-state index contributed by atoms with van der Waals surface area (Å²) in [6, 6.07) is 7.86. The molecule has 2 aromatic rings. The summed E-state index contributed by atoms with van der Waals surface area (Å²) >= 11 is 0. The first kappa shape index (κ1) is 18.4. The van der Waals surface area contributed by atoms with Gasteiger partial charge in [0.05, 0.1) is 5.92 Å². The Balaban J connectivity index is 1.39. The summed E-state index contributed by atoms with van der Waals surface area (Å²) < 4.78 is 0. The van der Waals surface area contributed by atoms with Crippen LogP contribution in [0, 0.1) is 19.8 Å². The summed E-state index contributed by atoms with van der Waals surface area (Å²) in [4.78, 5) is 39.9. The van der Waals surface area contributed by atoms with E-state index in [2.05, 4.69) is 20.9 Å². The van der Waals surface area contributed by atoms with Crippen LogP contribution in [0.3, 0.4) is 0 Å². The van der Waals surface area contributed by atoms with Gasteiger partial charge in [-0.2, -0.15) is 0 Å². The van der Waals surface area contributed by atoms with Gasteiger partial charge in [-0.15, -0.1) is 0 Å². The fourth-order valence-electron chi connectivity index (χ4n) is 4.05. The van der Waals surface area contributed by atoms with Crippen LogP contribution in [0.2, 0.25) is 0 Å². The maximum absolute atomic E-state index is 13.0. The Labute approximate surface area is 165 Å². The highest BCUT2D eigenvalue weighted by Crippen LogP contribution is 2.29. The van der Waals surface area contributed by atoms with E-state index in [0.29, 0.717) is 38.7 Å². The van der Waals surface area contributed by atoms with Crippen LogP contribution in [-0.2, 0) is 9.59 Å². The lowest BCUT2D eigenvalue weighted by Gasteiger charge is -2.35. The molecule has 146 valence electrons. The van der Waals surface area contributed by atoms with E-state index in [4.69, 9.17) is 0 Å². The van der Waals surface area contributed by atoms with Gasteiger partial charge in [-0.3, -0.25) is 9.59 Å². The maximum atomic E-state index is 13.0. The molecule has 2 fully saturated rings. The SMILES string of the molecule is Cc1ccc(N2CC(C(=O)N3CCN(c4ncccn4)CC3)CC2=O)c(C)c1. The number of carbonyl (C=O) groups excluding carboxylic acids is 2. The van der Waals surface area contributed by atoms with E-state index in [1.165, 1.54) is 5.56 Å². The molecule has 0 radical (unpaired) electrons. The van der Waals surface area contributed by atoms with Gasteiger partial charge in [0.25, 0.3) is 0 Å². The van der Waals surface area contributed by atoms with Crippen LogP contribution in [0.25, 0.3) is 0 Å². The Hall–Kier alpha value is -2.96. The van der Waals surface area contributed by atoms with Crippen LogP contribution >= 0.6 is 0 Å². The van der Waals surface area contributed by atoms with Crippen LogP contribution in [0.15, 0.2) is 36.7 Å². The number of piperazine rings is 1. The summed E-state index contributed by atoms with van der Waals surface area (Å²) in [5.74, 6) is 0.537. The number of anilines is 2. The molecule has 0 aliphatic carbocycles. The lowest BCUT2D eigenvalue weighted by molar-refractivity contribution is -0.136. The molecule has 2 saturated heterocycles. The van der Waals surface area contributed by atoms with Gasteiger partial charge in [0.2, 0.25) is 17.8 Å². The average Bonchev–Trinajstić information content (AvgIpc) is 3.10. The molecule has 1 aromatic carbocycles. The first-order chi connectivity index (χ1) is 13.5. The van der Waals surface area contributed by atoms with Gasteiger partial charge in [-0.1, -0.05) is 17.7 Å². The number of aromatic nitrogens is 2. The van der Waals surface area contributed by atoms with E-state index < -0.39 is 0 Å².